The molecule has 3 aromatic rings. The van der Waals surface area contributed by atoms with Crippen molar-refractivity contribution in [3.8, 4) is 11.1 Å². The highest BCUT2D eigenvalue weighted by Crippen LogP contribution is 2.39. The third-order valence-corrected chi connectivity index (χ3v) is 6.20. The molecule has 4 amide bonds. The second-order valence-corrected chi connectivity index (χ2v) is 7.73. The molecule has 2 aromatic carbocycles. The molecule has 1 N–H and O–H groups in total. The van der Waals surface area contributed by atoms with Crippen molar-refractivity contribution in [1.82, 2.24) is 10.2 Å². The van der Waals surface area contributed by atoms with Crippen molar-refractivity contribution < 1.29 is 19.2 Å². The van der Waals surface area contributed by atoms with Crippen LogP contribution in [-0.4, -0.2) is 34.6 Å². The summed E-state index contributed by atoms with van der Waals surface area (Å²) in [7, 11) is 0. The Morgan fingerprint density at radius 3 is 2.50 bits per heavy atom. The standard InChI is InChI=1S/C21H14N2O4S/c24-17-9-8-15(19(25)22-17)23-20(26)13-6-3-5-12(18(13)21(23)27)14-10-28-16-7-2-1-4-11(14)16/h1-7,10,15H,8-9H2,(H,22,24,25). The molecule has 3 heterocycles. The molecular formula is C21H14N2O4S. The van der Waals surface area contributed by atoms with Crippen LogP contribution in [-0.2, 0) is 9.59 Å². The lowest BCUT2D eigenvalue weighted by Crippen LogP contribution is -2.54. The Bertz CT molecular complexity index is 1200. The van der Waals surface area contributed by atoms with Crippen LogP contribution in [0.2, 0.25) is 0 Å². The molecule has 138 valence electrons. The number of hydrogen-bond acceptors (Lipinski definition) is 5. The fourth-order valence-electron chi connectivity index (χ4n) is 3.93. The van der Waals surface area contributed by atoms with E-state index in [9.17, 15) is 19.2 Å². The zero-order valence-corrected chi connectivity index (χ0v) is 15.4. The summed E-state index contributed by atoms with van der Waals surface area (Å²) in [6, 6.07) is 12.1. The maximum Gasteiger partial charge on any atom is 0.262 e. The maximum absolute atomic E-state index is 13.2. The molecule has 0 saturated carbocycles. The zero-order valence-electron chi connectivity index (χ0n) is 14.6. The number of rotatable bonds is 2. The van der Waals surface area contributed by atoms with Gasteiger partial charge >= 0.3 is 0 Å². The first-order valence-corrected chi connectivity index (χ1v) is 9.75. The van der Waals surface area contributed by atoms with Crippen LogP contribution < -0.4 is 5.32 Å². The quantitative estimate of drug-likeness (QED) is 0.682. The van der Waals surface area contributed by atoms with Crippen molar-refractivity contribution in [2.24, 2.45) is 0 Å². The van der Waals surface area contributed by atoms with Gasteiger partial charge in [-0.2, -0.15) is 0 Å². The summed E-state index contributed by atoms with van der Waals surface area (Å²) in [4.78, 5) is 50.9. The van der Waals surface area contributed by atoms with Gasteiger partial charge in [-0.25, -0.2) is 0 Å². The van der Waals surface area contributed by atoms with Gasteiger partial charge in [0.05, 0.1) is 11.1 Å². The van der Waals surface area contributed by atoms with E-state index in [4.69, 9.17) is 0 Å². The van der Waals surface area contributed by atoms with Crippen molar-refractivity contribution >= 4 is 45.1 Å². The van der Waals surface area contributed by atoms with Gasteiger partial charge in [0.1, 0.15) is 6.04 Å². The topological polar surface area (TPSA) is 83.6 Å². The number of nitrogens with zero attached hydrogens (tertiary/aromatic N) is 1. The highest BCUT2D eigenvalue weighted by atomic mass is 32.1. The number of fused-ring (bicyclic) bond motifs is 2. The molecular weight excluding hydrogens is 376 g/mol. The van der Waals surface area contributed by atoms with Crippen molar-refractivity contribution in [3.63, 3.8) is 0 Å². The predicted molar refractivity (Wildman–Crippen MR) is 104 cm³/mol. The fourth-order valence-corrected chi connectivity index (χ4v) is 4.89. The third-order valence-electron chi connectivity index (χ3n) is 5.24. The van der Waals surface area contributed by atoms with Gasteiger partial charge in [-0.15, -0.1) is 11.3 Å². The van der Waals surface area contributed by atoms with E-state index < -0.39 is 23.8 Å². The summed E-state index contributed by atoms with van der Waals surface area (Å²) < 4.78 is 1.09. The average molecular weight is 390 g/mol. The van der Waals surface area contributed by atoms with E-state index >= 15 is 0 Å². The second kappa shape index (κ2) is 6.10. The normalized spacial score (nSPS) is 19.3. The largest absolute Gasteiger partial charge is 0.295 e. The summed E-state index contributed by atoms with van der Waals surface area (Å²) in [6.07, 6.45) is 0.249. The first kappa shape index (κ1) is 16.8. The highest BCUT2D eigenvalue weighted by Gasteiger charge is 2.45. The number of carbonyl (C=O) groups excluding carboxylic acids is 4. The first-order valence-electron chi connectivity index (χ1n) is 8.87. The van der Waals surface area contributed by atoms with Gasteiger partial charge in [-0.3, -0.25) is 29.4 Å². The van der Waals surface area contributed by atoms with Crippen LogP contribution in [0.5, 0.6) is 0 Å². The second-order valence-electron chi connectivity index (χ2n) is 6.82. The van der Waals surface area contributed by atoms with Crippen LogP contribution in [0.4, 0.5) is 0 Å². The monoisotopic (exact) mass is 390 g/mol. The minimum atomic E-state index is -0.961. The third kappa shape index (κ3) is 2.33. The van der Waals surface area contributed by atoms with Crippen molar-refractivity contribution in [2.45, 2.75) is 18.9 Å². The summed E-state index contributed by atoms with van der Waals surface area (Å²) >= 11 is 1.57. The molecule has 6 nitrogen and oxygen atoms in total. The lowest BCUT2D eigenvalue weighted by atomic mass is 9.96. The van der Waals surface area contributed by atoms with E-state index in [0.29, 0.717) is 16.7 Å². The molecule has 1 saturated heterocycles. The summed E-state index contributed by atoms with van der Waals surface area (Å²) in [5, 5.41) is 5.21. The van der Waals surface area contributed by atoms with Crippen LogP contribution >= 0.6 is 11.3 Å². The Balaban J connectivity index is 1.63. The van der Waals surface area contributed by atoms with Crippen molar-refractivity contribution in [1.29, 1.82) is 0 Å². The minimum absolute atomic E-state index is 0.103. The Kier molecular flexibility index (Phi) is 3.67. The van der Waals surface area contributed by atoms with Gasteiger partial charge < -0.3 is 0 Å². The molecule has 28 heavy (non-hydrogen) atoms. The smallest absolute Gasteiger partial charge is 0.262 e. The number of imide groups is 2. The molecule has 5 rings (SSSR count). The molecule has 0 aliphatic carbocycles. The number of hydrogen-bond donors (Lipinski definition) is 1. The number of nitrogens with one attached hydrogen (secondary N) is 1. The van der Waals surface area contributed by atoms with Crippen LogP contribution in [0.3, 0.4) is 0 Å². The van der Waals surface area contributed by atoms with E-state index in [-0.39, 0.29) is 18.7 Å². The fraction of sp³-hybridized carbons (Fsp3) is 0.143. The molecule has 0 bridgehead atoms. The molecule has 2 aliphatic heterocycles. The molecule has 0 spiro atoms. The van der Waals surface area contributed by atoms with E-state index in [1.807, 2.05) is 35.7 Å². The van der Waals surface area contributed by atoms with Gasteiger partial charge in [0.25, 0.3) is 11.8 Å². The van der Waals surface area contributed by atoms with Crippen molar-refractivity contribution in [3.05, 3.63) is 59.0 Å². The number of amides is 4. The minimum Gasteiger partial charge on any atom is -0.295 e. The Morgan fingerprint density at radius 1 is 0.893 bits per heavy atom. The zero-order chi connectivity index (χ0) is 19.4. The van der Waals surface area contributed by atoms with Crippen LogP contribution in [0.1, 0.15) is 33.6 Å². The Labute approximate surface area is 163 Å². The number of carbonyl (C=O) groups is 4. The summed E-state index contributed by atoms with van der Waals surface area (Å²) in [5.74, 6) is -1.96. The number of benzene rings is 2. The van der Waals surface area contributed by atoms with Crippen LogP contribution in [0.15, 0.2) is 47.8 Å². The lowest BCUT2D eigenvalue weighted by Gasteiger charge is -2.27. The SMILES string of the molecule is O=C1CCC(N2C(=O)c3cccc(-c4csc5ccccc45)c3C2=O)C(=O)N1. The molecule has 1 fully saturated rings. The first-order chi connectivity index (χ1) is 13.6. The molecule has 1 unspecified atom stereocenters. The van der Waals surface area contributed by atoms with Gasteiger partial charge in [0, 0.05) is 22.1 Å². The lowest BCUT2D eigenvalue weighted by molar-refractivity contribution is -0.136. The van der Waals surface area contributed by atoms with E-state index in [2.05, 4.69) is 5.32 Å². The molecule has 7 heteroatoms. The Hall–Kier alpha value is -3.32. The molecule has 0 radical (unpaired) electrons. The van der Waals surface area contributed by atoms with Crippen LogP contribution in [0, 0.1) is 0 Å². The average Bonchev–Trinajstić information content (AvgIpc) is 3.22. The van der Waals surface area contributed by atoms with Gasteiger partial charge in [-0.1, -0.05) is 30.3 Å². The van der Waals surface area contributed by atoms with Crippen LogP contribution in [0.25, 0.3) is 21.2 Å². The maximum atomic E-state index is 13.2. The Morgan fingerprint density at radius 2 is 1.68 bits per heavy atom. The number of piperidine rings is 1. The predicted octanol–water partition coefficient (Wildman–Crippen LogP) is 2.97. The van der Waals surface area contributed by atoms with Crippen molar-refractivity contribution in [2.75, 3.05) is 0 Å². The van der Waals surface area contributed by atoms with E-state index in [0.717, 1.165) is 20.5 Å². The van der Waals surface area contributed by atoms with E-state index in [1.165, 1.54) is 0 Å². The van der Waals surface area contributed by atoms with E-state index in [1.54, 1.807) is 23.5 Å². The van der Waals surface area contributed by atoms with Gasteiger partial charge in [0.2, 0.25) is 11.8 Å². The highest BCUT2D eigenvalue weighted by molar-refractivity contribution is 7.17. The van der Waals surface area contributed by atoms with Gasteiger partial charge in [0.15, 0.2) is 0 Å². The summed E-state index contributed by atoms with van der Waals surface area (Å²) in [5.41, 5.74) is 2.19. The summed E-state index contributed by atoms with van der Waals surface area (Å²) in [6.45, 7) is 0. The van der Waals surface area contributed by atoms with Gasteiger partial charge in [-0.05, 0) is 29.5 Å². The molecule has 1 atom stereocenters. The molecule has 1 aromatic heterocycles. The molecule has 2 aliphatic rings. The number of thiophene rings is 1.